The summed E-state index contributed by atoms with van der Waals surface area (Å²) in [4.78, 5) is 36.4. The van der Waals surface area contributed by atoms with E-state index < -0.39 is 12.0 Å². The lowest BCUT2D eigenvalue weighted by atomic mass is 10.0. The smallest absolute Gasteiger partial charge is 0.326 e. The summed E-state index contributed by atoms with van der Waals surface area (Å²) in [6, 6.07) is -0.863. The summed E-state index contributed by atoms with van der Waals surface area (Å²) in [6.45, 7) is 4.90. The number of esters is 1. The predicted octanol–water partition coefficient (Wildman–Crippen LogP) is 12.8. The highest BCUT2D eigenvalue weighted by atomic mass is 16.5. The van der Waals surface area contributed by atoms with Gasteiger partial charge in [-0.15, -0.1) is 0 Å². The minimum atomic E-state index is -1.01. The van der Waals surface area contributed by atoms with E-state index in [1.165, 1.54) is 83.5 Å². The molecule has 0 aromatic heterocycles. The molecule has 54 heavy (non-hydrogen) atoms. The first-order valence-corrected chi connectivity index (χ1v) is 22.5. The second-order valence-electron chi connectivity index (χ2n) is 15.1. The van der Waals surface area contributed by atoms with E-state index in [1.807, 2.05) is 0 Å². The molecule has 0 bridgehead atoms. The van der Waals surface area contributed by atoms with Crippen LogP contribution in [0.1, 0.15) is 213 Å². The Morgan fingerprint density at radius 3 is 1.54 bits per heavy atom. The summed E-state index contributed by atoms with van der Waals surface area (Å²) in [6.07, 6.45) is 50.1. The first kappa shape index (κ1) is 51.3. The molecule has 7 nitrogen and oxygen atoms in total. The largest absolute Gasteiger partial charge is 0.480 e. The number of nitrogens with two attached hydrogens (primary N) is 1. The average molecular weight is 757 g/mol. The minimum Gasteiger partial charge on any atom is -0.480 e. The molecule has 0 aliphatic rings. The van der Waals surface area contributed by atoms with Gasteiger partial charge in [-0.05, 0) is 116 Å². The highest BCUT2D eigenvalue weighted by Gasteiger charge is 2.19. The van der Waals surface area contributed by atoms with Crippen LogP contribution in [0.25, 0.3) is 0 Å². The van der Waals surface area contributed by atoms with Gasteiger partial charge in [-0.2, -0.15) is 0 Å². The zero-order valence-electron chi connectivity index (χ0n) is 35.1. The van der Waals surface area contributed by atoms with Gasteiger partial charge in [-0.1, -0.05) is 140 Å². The van der Waals surface area contributed by atoms with Gasteiger partial charge in [0.2, 0.25) is 5.91 Å². The van der Waals surface area contributed by atoms with Gasteiger partial charge in [0.1, 0.15) is 12.1 Å². The molecule has 1 amide bonds. The molecular formula is C47H84N2O5. The van der Waals surface area contributed by atoms with E-state index >= 15 is 0 Å². The summed E-state index contributed by atoms with van der Waals surface area (Å²) < 4.78 is 6.02. The van der Waals surface area contributed by atoms with Gasteiger partial charge in [-0.25, -0.2) is 4.79 Å². The van der Waals surface area contributed by atoms with Crippen LogP contribution in [0.5, 0.6) is 0 Å². The Balaban J connectivity index is 4.42. The van der Waals surface area contributed by atoms with Crippen LogP contribution in [-0.4, -0.2) is 41.6 Å². The van der Waals surface area contributed by atoms with Crippen LogP contribution in [0.4, 0.5) is 0 Å². The molecule has 0 spiro atoms. The minimum absolute atomic E-state index is 0.0382. The molecule has 0 aromatic carbocycles. The van der Waals surface area contributed by atoms with E-state index in [1.54, 1.807) is 0 Å². The third kappa shape index (κ3) is 37.6. The van der Waals surface area contributed by atoms with Crippen molar-refractivity contribution in [3.05, 3.63) is 48.6 Å². The first-order chi connectivity index (χ1) is 26.4. The van der Waals surface area contributed by atoms with E-state index in [-0.39, 0.29) is 18.0 Å². The summed E-state index contributed by atoms with van der Waals surface area (Å²) in [5.41, 5.74) is 5.49. The van der Waals surface area contributed by atoms with Crippen molar-refractivity contribution in [2.24, 2.45) is 5.73 Å². The highest BCUT2D eigenvalue weighted by Crippen LogP contribution is 2.18. The summed E-state index contributed by atoms with van der Waals surface area (Å²) in [5, 5.41) is 11.9. The van der Waals surface area contributed by atoms with Crippen LogP contribution in [-0.2, 0) is 19.1 Å². The molecule has 0 fully saturated rings. The van der Waals surface area contributed by atoms with Crippen LogP contribution in [0.3, 0.4) is 0 Å². The van der Waals surface area contributed by atoms with Crippen molar-refractivity contribution in [2.75, 3.05) is 6.54 Å². The van der Waals surface area contributed by atoms with Crippen molar-refractivity contribution < 1.29 is 24.2 Å². The molecule has 0 rings (SSSR count). The monoisotopic (exact) mass is 757 g/mol. The molecule has 0 aromatic rings. The SMILES string of the molecule is CCCCC/C=C\C/C=C\CCCCCCCC(=O)OC(CCC/C=C\C/C=C\CCCCCCC)CCCCCCCC(=O)NC(CCCN)C(=O)O. The Kier molecular flexibility index (Phi) is 39.4. The summed E-state index contributed by atoms with van der Waals surface area (Å²) >= 11 is 0. The molecule has 2 atom stereocenters. The number of carboxylic acid groups (broad SMARTS) is 1. The molecule has 0 heterocycles. The van der Waals surface area contributed by atoms with E-state index in [4.69, 9.17) is 10.5 Å². The number of amides is 1. The molecule has 0 aliphatic heterocycles. The Bertz CT molecular complexity index is 989. The molecule has 0 aliphatic carbocycles. The number of nitrogens with one attached hydrogen (secondary N) is 1. The molecule has 0 saturated carbocycles. The summed E-state index contributed by atoms with van der Waals surface area (Å²) in [5.74, 6) is -1.28. The lowest BCUT2D eigenvalue weighted by Crippen LogP contribution is -2.40. The number of rotatable bonds is 40. The van der Waals surface area contributed by atoms with Gasteiger partial charge in [0.05, 0.1) is 0 Å². The number of carboxylic acids is 1. The quantitative estimate of drug-likeness (QED) is 0.0325. The number of ether oxygens (including phenoxy) is 1. The predicted molar refractivity (Wildman–Crippen MR) is 230 cm³/mol. The number of carbonyl (C=O) groups is 3. The maximum atomic E-state index is 12.8. The number of hydrogen-bond donors (Lipinski definition) is 3. The standard InChI is InChI=1S/C47H84N2O5/c1-3-5-7-9-11-13-15-17-18-20-22-24-26-31-35-41-46(51)54-43(37-32-28-25-23-21-19-16-14-12-10-8-6-4-2)38-33-29-27-30-34-40-45(50)49-44(47(52)53)39-36-42-48/h11,13,16-19,23,25,43-44H,3-10,12,14-15,20-22,24,26-42,48H2,1-2H3,(H,49,50)(H,52,53)/b13-11-,18-17-,19-16-,25-23-. The van der Waals surface area contributed by atoms with Crippen LogP contribution < -0.4 is 11.1 Å². The van der Waals surface area contributed by atoms with Crippen molar-refractivity contribution in [2.45, 2.75) is 225 Å². The lowest BCUT2D eigenvalue weighted by Gasteiger charge is -2.18. The number of aliphatic carboxylic acids is 1. The normalized spacial score (nSPS) is 13.1. The van der Waals surface area contributed by atoms with Crippen LogP contribution in [0.2, 0.25) is 0 Å². The van der Waals surface area contributed by atoms with E-state index in [2.05, 4.69) is 67.8 Å². The number of unbranched alkanes of at least 4 members (excludes halogenated alkanes) is 18. The number of carbonyl (C=O) groups excluding carboxylic acids is 2. The fourth-order valence-electron chi connectivity index (χ4n) is 6.46. The van der Waals surface area contributed by atoms with Crippen molar-refractivity contribution in [1.29, 1.82) is 0 Å². The van der Waals surface area contributed by atoms with Crippen LogP contribution in [0, 0.1) is 0 Å². The van der Waals surface area contributed by atoms with Gasteiger partial charge in [-0.3, -0.25) is 9.59 Å². The number of allylic oxidation sites excluding steroid dienone is 8. The fraction of sp³-hybridized carbons (Fsp3) is 0.766. The highest BCUT2D eigenvalue weighted by molar-refractivity contribution is 5.83. The fourth-order valence-corrected chi connectivity index (χ4v) is 6.46. The second-order valence-corrected chi connectivity index (χ2v) is 15.1. The van der Waals surface area contributed by atoms with Crippen molar-refractivity contribution in [1.82, 2.24) is 5.32 Å². The maximum absolute atomic E-state index is 12.8. The maximum Gasteiger partial charge on any atom is 0.326 e. The van der Waals surface area contributed by atoms with Gasteiger partial charge in [0, 0.05) is 12.8 Å². The molecule has 2 unspecified atom stereocenters. The zero-order valence-corrected chi connectivity index (χ0v) is 35.1. The van der Waals surface area contributed by atoms with Gasteiger partial charge in [0.15, 0.2) is 0 Å². The zero-order chi connectivity index (χ0) is 39.6. The molecule has 7 heteroatoms. The van der Waals surface area contributed by atoms with E-state index in [0.717, 1.165) is 89.9 Å². The topological polar surface area (TPSA) is 119 Å². The van der Waals surface area contributed by atoms with Gasteiger partial charge >= 0.3 is 11.9 Å². The van der Waals surface area contributed by atoms with Crippen molar-refractivity contribution in [3.63, 3.8) is 0 Å². The molecule has 312 valence electrons. The van der Waals surface area contributed by atoms with Crippen molar-refractivity contribution >= 4 is 17.8 Å². The molecule has 4 N–H and O–H groups in total. The Morgan fingerprint density at radius 1 is 0.537 bits per heavy atom. The van der Waals surface area contributed by atoms with Gasteiger partial charge < -0.3 is 20.9 Å². The van der Waals surface area contributed by atoms with E-state index in [0.29, 0.717) is 32.2 Å². The van der Waals surface area contributed by atoms with Crippen LogP contribution in [0.15, 0.2) is 48.6 Å². The Hall–Kier alpha value is -2.67. The second kappa shape index (κ2) is 41.5. The number of hydrogen-bond acceptors (Lipinski definition) is 5. The third-order valence-corrected chi connectivity index (χ3v) is 9.87. The average Bonchev–Trinajstić information content (AvgIpc) is 3.16. The third-order valence-electron chi connectivity index (χ3n) is 9.87. The molecular weight excluding hydrogens is 673 g/mol. The Morgan fingerprint density at radius 2 is 0.981 bits per heavy atom. The lowest BCUT2D eigenvalue weighted by molar-refractivity contribution is -0.150. The Labute approximate surface area is 332 Å². The van der Waals surface area contributed by atoms with Crippen molar-refractivity contribution in [3.8, 4) is 0 Å². The summed E-state index contributed by atoms with van der Waals surface area (Å²) in [7, 11) is 0. The van der Waals surface area contributed by atoms with E-state index in [9.17, 15) is 19.5 Å². The molecule has 0 radical (unpaired) electrons. The molecule has 0 saturated heterocycles. The first-order valence-electron chi connectivity index (χ1n) is 22.5. The van der Waals surface area contributed by atoms with Crippen LogP contribution >= 0.6 is 0 Å². The van der Waals surface area contributed by atoms with Gasteiger partial charge in [0.25, 0.3) is 0 Å².